The minimum atomic E-state index is -0.656. The summed E-state index contributed by atoms with van der Waals surface area (Å²) in [5, 5.41) is 4.66. The van der Waals surface area contributed by atoms with Crippen molar-refractivity contribution in [2.24, 2.45) is 0 Å². The summed E-state index contributed by atoms with van der Waals surface area (Å²) in [7, 11) is 1.46. The number of carbonyl (C=O) groups is 3. The minimum Gasteiger partial charge on any atom is -0.482 e. The van der Waals surface area contributed by atoms with Crippen molar-refractivity contribution in [2.75, 3.05) is 26.8 Å². The molecular weight excluding hydrogens is 288 g/mol. The van der Waals surface area contributed by atoms with E-state index in [1.807, 2.05) is 32.0 Å². The monoisotopic (exact) mass is 308 g/mol. The van der Waals surface area contributed by atoms with Gasteiger partial charge in [-0.05, 0) is 31.0 Å². The van der Waals surface area contributed by atoms with Crippen molar-refractivity contribution in [3.05, 3.63) is 29.3 Å². The van der Waals surface area contributed by atoms with E-state index in [1.165, 1.54) is 7.05 Å². The second kappa shape index (κ2) is 8.66. The van der Waals surface area contributed by atoms with Crippen LogP contribution in [0.15, 0.2) is 18.2 Å². The van der Waals surface area contributed by atoms with Gasteiger partial charge in [0.25, 0.3) is 5.91 Å². The highest BCUT2D eigenvalue weighted by Crippen LogP contribution is 2.18. The van der Waals surface area contributed by atoms with E-state index in [-0.39, 0.29) is 19.1 Å². The number of hydrogen-bond acceptors (Lipinski definition) is 5. The lowest BCUT2D eigenvalue weighted by Gasteiger charge is -2.10. The quantitative estimate of drug-likeness (QED) is 0.696. The van der Waals surface area contributed by atoms with E-state index in [0.717, 1.165) is 11.1 Å². The summed E-state index contributed by atoms with van der Waals surface area (Å²) >= 11 is 0. The van der Waals surface area contributed by atoms with E-state index in [9.17, 15) is 14.4 Å². The summed E-state index contributed by atoms with van der Waals surface area (Å²) in [6, 6.07) is 5.65. The third-order valence-corrected chi connectivity index (χ3v) is 2.78. The predicted octanol–water partition coefficient (Wildman–Crippen LogP) is 0.0876. The van der Waals surface area contributed by atoms with Crippen molar-refractivity contribution in [1.29, 1.82) is 0 Å². The van der Waals surface area contributed by atoms with E-state index in [4.69, 9.17) is 9.47 Å². The fourth-order valence-electron chi connectivity index (χ4n) is 1.51. The van der Waals surface area contributed by atoms with Crippen LogP contribution in [-0.4, -0.2) is 44.6 Å². The number of likely N-dealkylation sites (N-methyl/N-ethyl adjacent to an activating group) is 1. The highest BCUT2D eigenvalue weighted by Gasteiger charge is 2.10. The molecule has 0 saturated carbocycles. The third-order valence-electron chi connectivity index (χ3n) is 2.78. The molecule has 0 aliphatic carbocycles. The van der Waals surface area contributed by atoms with Crippen molar-refractivity contribution < 1.29 is 23.9 Å². The molecule has 0 heterocycles. The first-order valence-corrected chi connectivity index (χ1v) is 6.75. The summed E-state index contributed by atoms with van der Waals surface area (Å²) < 4.78 is 10.1. The SMILES string of the molecule is CNC(=O)CNC(=O)COC(=O)COc1cc(C)ccc1C. The second-order valence-corrected chi connectivity index (χ2v) is 4.67. The number of ether oxygens (including phenoxy) is 2. The van der Waals surface area contributed by atoms with Crippen LogP contribution in [0.25, 0.3) is 0 Å². The Labute approximate surface area is 129 Å². The Morgan fingerprint density at radius 1 is 1.09 bits per heavy atom. The molecule has 0 radical (unpaired) electrons. The van der Waals surface area contributed by atoms with Gasteiger partial charge in [-0.3, -0.25) is 9.59 Å². The van der Waals surface area contributed by atoms with Crippen LogP contribution in [0, 0.1) is 13.8 Å². The first-order valence-electron chi connectivity index (χ1n) is 6.75. The first-order chi connectivity index (χ1) is 10.4. The Bertz CT molecular complexity index is 557. The summed E-state index contributed by atoms with van der Waals surface area (Å²) in [4.78, 5) is 33.8. The number of aryl methyl sites for hydroxylation is 2. The Balaban J connectivity index is 2.30. The topological polar surface area (TPSA) is 93.7 Å². The number of esters is 1. The maximum atomic E-state index is 11.5. The number of carbonyl (C=O) groups excluding carboxylic acids is 3. The normalized spacial score (nSPS) is 9.77. The zero-order valence-corrected chi connectivity index (χ0v) is 12.9. The predicted molar refractivity (Wildman–Crippen MR) is 79.4 cm³/mol. The Morgan fingerprint density at radius 3 is 2.50 bits per heavy atom. The van der Waals surface area contributed by atoms with Gasteiger partial charge < -0.3 is 20.1 Å². The molecule has 0 bridgehead atoms. The third kappa shape index (κ3) is 6.25. The van der Waals surface area contributed by atoms with Gasteiger partial charge in [-0.1, -0.05) is 12.1 Å². The molecule has 120 valence electrons. The van der Waals surface area contributed by atoms with Crippen LogP contribution in [0.1, 0.15) is 11.1 Å². The lowest BCUT2D eigenvalue weighted by atomic mass is 10.1. The average Bonchev–Trinajstić information content (AvgIpc) is 2.51. The van der Waals surface area contributed by atoms with Gasteiger partial charge in [0.15, 0.2) is 13.2 Å². The summed E-state index contributed by atoms with van der Waals surface area (Å²) in [6.45, 7) is 2.89. The molecule has 2 amide bonds. The molecule has 0 saturated heterocycles. The van der Waals surface area contributed by atoms with Gasteiger partial charge in [0, 0.05) is 7.05 Å². The van der Waals surface area contributed by atoms with Gasteiger partial charge in [0.2, 0.25) is 5.91 Å². The van der Waals surface area contributed by atoms with Gasteiger partial charge in [-0.15, -0.1) is 0 Å². The zero-order chi connectivity index (χ0) is 16.5. The van der Waals surface area contributed by atoms with E-state index >= 15 is 0 Å². The summed E-state index contributed by atoms with van der Waals surface area (Å²) in [5.74, 6) is -0.946. The van der Waals surface area contributed by atoms with Crippen LogP contribution in [0.4, 0.5) is 0 Å². The van der Waals surface area contributed by atoms with Crippen LogP contribution < -0.4 is 15.4 Å². The largest absolute Gasteiger partial charge is 0.482 e. The fraction of sp³-hybridized carbons (Fsp3) is 0.400. The van der Waals surface area contributed by atoms with E-state index < -0.39 is 18.5 Å². The van der Waals surface area contributed by atoms with Crippen LogP contribution in [0.2, 0.25) is 0 Å². The molecule has 0 aliphatic heterocycles. The Hall–Kier alpha value is -2.57. The molecule has 1 aromatic rings. The average molecular weight is 308 g/mol. The molecule has 7 heteroatoms. The van der Waals surface area contributed by atoms with Gasteiger partial charge in [0.05, 0.1) is 6.54 Å². The molecule has 0 fully saturated rings. The smallest absolute Gasteiger partial charge is 0.344 e. The molecule has 22 heavy (non-hydrogen) atoms. The van der Waals surface area contributed by atoms with Gasteiger partial charge >= 0.3 is 5.97 Å². The Kier molecular flexibility index (Phi) is 6.88. The van der Waals surface area contributed by atoms with Crippen LogP contribution in [0.3, 0.4) is 0 Å². The minimum absolute atomic E-state index is 0.161. The van der Waals surface area contributed by atoms with E-state index in [2.05, 4.69) is 10.6 Å². The number of amides is 2. The maximum Gasteiger partial charge on any atom is 0.344 e. The van der Waals surface area contributed by atoms with Crippen molar-refractivity contribution in [1.82, 2.24) is 10.6 Å². The number of hydrogen-bond donors (Lipinski definition) is 2. The maximum absolute atomic E-state index is 11.5. The summed E-state index contributed by atoms with van der Waals surface area (Å²) in [6.07, 6.45) is 0. The van der Waals surface area contributed by atoms with Gasteiger partial charge in [-0.2, -0.15) is 0 Å². The molecule has 1 rings (SSSR count). The molecule has 0 spiro atoms. The first kappa shape index (κ1) is 17.5. The highest BCUT2D eigenvalue weighted by molar-refractivity contribution is 5.86. The molecular formula is C15H20N2O5. The molecule has 2 N–H and O–H groups in total. The lowest BCUT2D eigenvalue weighted by molar-refractivity contribution is -0.150. The van der Waals surface area contributed by atoms with Crippen molar-refractivity contribution in [3.8, 4) is 5.75 Å². The summed E-state index contributed by atoms with van der Waals surface area (Å²) in [5.41, 5.74) is 1.92. The molecule has 0 unspecified atom stereocenters. The van der Waals surface area contributed by atoms with Crippen LogP contribution in [0.5, 0.6) is 5.75 Å². The van der Waals surface area contributed by atoms with E-state index in [0.29, 0.717) is 5.75 Å². The zero-order valence-electron chi connectivity index (χ0n) is 12.9. The molecule has 0 aliphatic rings. The lowest BCUT2D eigenvalue weighted by Crippen LogP contribution is -2.37. The number of benzene rings is 1. The highest BCUT2D eigenvalue weighted by atomic mass is 16.6. The second-order valence-electron chi connectivity index (χ2n) is 4.67. The van der Waals surface area contributed by atoms with Crippen molar-refractivity contribution in [3.63, 3.8) is 0 Å². The van der Waals surface area contributed by atoms with Crippen LogP contribution in [-0.2, 0) is 19.1 Å². The van der Waals surface area contributed by atoms with Gasteiger partial charge in [-0.25, -0.2) is 4.79 Å². The van der Waals surface area contributed by atoms with Crippen molar-refractivity contribution >= 4 is 17.8 Å². The van der Waals surface area contributed by atoms with Crippen molar-refractivity contribution in [2.45, 2.75) is 13.8 Å². The molecule has 0 aromatic heterocycles. The molecule has 0 atom stereocenters. The van der Waals surface area contributed by atoms with Crippen LogP contribution >= 0.6 is 0 Å². The molecule has 1 aromatic carbocycles. The fourth-order valence-corrected chi connectivity index (χ4v) is 1.51. The number of rotatable bonds is 7. The van der Waals surface area contributed by atoms with E-state index in [1.54, 1.807) is 0 Å². The van der Waals surface area contributed by atoms with Gasteiger partial charge in [0.1, 0.15) is 5.75 Å². The molecule has 7 nitrogen and oxygen atoms in total. The standard InChI is InChI=1S/C15H20N2O5/c1-10-4-5-11(2)12(6-10)21-9-15(20)22-8-14(19)17-7-13(18)16-3/h4-6H,7-9H2,1-3H3,(H,16,18)(H,17,19). The number of nitrogens with one attached hydrogen (secondary N) is 2. The Morgan fingerprint density at radius 2 is 1.82 bits per heavy atom.